The summed E-state index contributed by atoms with van der Waals surface area (Å²) in [5, 5.41) is 2.71. The number of carbonyl (C=O) groups is 1. The van der Waals surface area contributed by atoms with Gasteiger partial charge in [0.2, 0.25) is 0 Å². The number of carbonyl (C=O) groups excluding carboxylic acids is 1. The van der Waals surface area contributed by atoms with Crippen molar-refractivity contribution in [3.05, 3.63) is 65.5 Å². The van der Waals surface area contributed by atoms with E-state index in [0.29, 0.717) is 37.5 Å². The summed E-state index contributed by atoms with van der Waals surface area (Å²) in [6.45, 7) is 6.62. The van der Waals surface area contributed by atoms with Gasteiger partial charge in [-0.1, -0.05) is 30.3 Å². The van der Waals surface area contributed by atoms with Gasteiger partial charge in [0.25, 0.3) is 0 Å². The minimum atomic E-state index is -0.595. The number of benzene rings is 2. The molecule has 0 spiro atoms. The summed E-state index contributed by atoms with van der Waals surface area (Å²) >= 11 is 0. The first-order valence-corrected chi connectivity index (χ1v) is 9.34. The number of epoxide rings is 1. The highest BCUT2D eigenvalue weighted by molar-refractivity contribution is 5.67. The first-order valence-electron chi connectivity index (χ1n) is 9.34. The van der Waals surface area contributed by atoms with E-state index in [-0.39, 0.29) is 5.82 Å². The molecule has 6 heteroatoms. The topological polar surface area (TPSA) is 60.1 Å². The van der Waals surface area contributed by atoms with Gasteiger partial charge in [0.15, 0.2) is 0 Å². The average Bonchev–Trinajstić information content (AvgIpc) is 3.40. The number of alkyl carbamates (subject to hydrolysis) is 1. The summed E-state index contributed by atoms with van der Waals surface area (Å²) in [6.07, 6.45) is 0.0443. The summed E-state index contributed by atoms with van der Waals surface area (Å²) in [4.78, 5) is 11.8. The van der Waals surface area contributed by atoms with Crippen LogP contribution in [0.5, 0.6) is 5.75 Å². The second-order valence-corrected chi connectivity index (χ2v) is 7.91. The Bertz CT molecular complexity index is 813. The van der Waals surface area contributed by atoms with E-state index in [4.69, 9.17) is 14.2 Å². The fourth-order valence-electron chi connectivity index (χ4n) is 2.87. The quantitative estimate of drug-likeness (QED) is 0.709. The van der Waals surface area contributed by atoms with Crippen LogP contribution in [0.4, 0.5) is 9.18 Å². The van der Waals surface area contributed by atoms with Crippen molar-refractivity contribution in [1.82, 2.24) is 5.32 Å². The molecule has 0 radical (unpaired) electrons. The predicted molar refractivity (Wildman–Crippen MR) is 104 cm³/mol. The zero-order valence-corrected chi connectivity index (χ0v) is 16.5. The molecule has 1 heterocycles. The van der Waals surface area contributed by atoms with Crippen LogP contribution in [-0.4, -0.2) is 24.8 Å². The Morgan fingerprint density at radius 1 is 1.21 bits per heavy atom. The van der Waals surface area contributed by atoms with E-state index >= 15 is 0 Å². The molecule has 1 aliphatic heterocycles. The lowest BCUT2D eigenvalue weighted by Crippen LogP contribution is -2.34. The lowest BCUT2D eigenvalue weighted by Gasteiger charge is -2.20. The van der Waals surface area contributed by atoms with Gasteiger partial charge < -0.3 is 19.5 Å². The predicted octanol–water partition coefficient (Wildman–Crippen LogP) is 4.55. The van der Waals surface area contributed by atoms with Crippen LogP contribution < -0.4 is 10.1 Å². The summed E-state index contributed by atoms with van der Waals surface area (Å²) in [7, 11) is 0. The van der Waals surface area contributed by atoms with Gasteiger partial charge in [0.05, 0.1) is 6.61 Å². The van der Waals surface area contributed by atoms with Crippen LogP contribution >= 0.6 is 0 Å². The lowest BCUT2D eigenvalue weighted by molar-refractivity contribution is 0.0523. The van der Waals surface area contributed by atoms with Gasteiger partial charge in [0, 0.05) is 19.0 Å². The van der Waals surface area contributed by atoms with Gasteiger partial charge in [-0.2, -0.15) is 0 Å². The summed E-state index contributed by atoms with van der Waals surface area (Å²) in [5.74, 6) is 0.0735. The average molecular weight is 387 g/mol. The summed E-state index contributed by atoms with van der Waals surface area (Å²) in [6, 6.07) is 14.3. The maximum Gasteiger partial charge on any atom is 0.407 e. The van der Waals surface area contributed by atoms with Crippen LogP contribution in [0.15, 0.2) is 48.5 Å². The van der Waals surface area contributed by atoms with Crippen molar-refractivity contribution < 1.29 is 23.4 Å². The molecule has 1 amide bonds. The Balaban J connectivity index is 1.59. The third kappa shape index (κ3) is 5.70. The van der Waals surface area contributed by atoms with Crippen molar-refractivity contribution in [2.24, 2.45) is 0 Å². The van der Waals surface area contributed by atoms with Crippen LogP contribution in [0.3, 0.4) is 0 Å². The van der Waals surface area contributed by atoms with E-state index in [1.54, 1.807) is 6.07 Å². The van der Waals surface area contributed by atoms with E-state index in [1.165, 1.54) is 12.1 Å². The van der Waals surface area contributed by atoms with E-state index < -0.39 is 17.3 Å². The molecule has 0 aliphatic carbocycles. The Labute approximate surface area is 164 Å². The molecule has 1 atom stereocenters. The smallest absolute Gasteiger partial charge is 0.407 e. The molecule has 28 heavy (non-hydrogen) atoms. The molecular weight excluding hydrogens is 361 g/mol. The second-order valence-electron chi connectivity index (χ2n) is 7.91. The molecule has 1 saturated heterocycles. The zero-order valence-electron chi connectivity index (χ0n) is 16.5. The third-order valence-corrected chi connectivity index (χ3v) is 4.34. The van der Waals surface area contributed by atoms with Crippen molar-refractivity contribution in [2.45, 2.75) is 45.0 Å². The van der Waals surface area contributed by atoms with E-state index in [2.05, 4.69) is 5.32 Å². The molecule has 2 aromatic carbocycles. The second kappa shape index (κ2) is 8.19. The van der Waals surface area contributed by atoms with E-state index in [9.17, 15) is 9.18 Å². The molecular formula is C22H26FNO4. The van der Waals surface area contributed by atoms with Gasteiger partial charge >= 0.3 is 6.09 Å². The first kappa shape index (κ1) is 20.1. The number of rotatable bonds is 7. The zero-order chi connectivity index (χ0) is 20.2. The van der Waals surface area contributed by atoms with Crippen LogP contribution in [0.1, 0.15) is 38.3 Å². The Morgan fingerprint density at radius 2 is 1.93 bits per heavy atom. The van der Waals surface area contributed by atoms with Crippen molar-refractivity contribution in [2.75, 3.05) is 13.2 Å². The Hall–Kier alpha value is -2.60. The molecule has 150 valence electrons. The molecule has 0 bridgehead atoms. The van der Waals surface area contributed by atoms with Crippen LogP contribution in [0, 0.1) is 5.82 Å². The molecule has 5 nitrogen and oxygen atoms in total. The largest absolute Gasteiger partial charge is 0.489 e. The first-order chi connectivity index (χ1) is 13.3. The molecule has 0 saturated carbocycles. The van der Waals surface area contributed by atoms with Crippen LogP contribution in [0.2, 0.25) is 0 Å². The number of hydrogen-bond acceptors (Lipinski definition) is 4. The molecule has 3 rings (SSSR count). The van der Waals surface area contributed by atoms with Crippen molar-refractivity contribution in [1.29, 1.82) is 0 Å². The number of hydrogen-bond donors (Lipinski definition) is 1. The highest BCUT2D eigenvalue weighted by Gasteiger charge is 2.46. The molecule has 2 aromatic rings. The fraction of sp³-hybridized carbons (Fsp3) is 0.409. The SMILES string of the molecule is CC(C)(C)OC(=O)NCCC1(c2cc(F)cc(OCc3ccccc3)c2)CO1. The normalized spacial score (nSPS) is 18.4. The highest BCUT2D eigenvalue weighted by atomic mass is 19.1. The summed E-state index contributed by atoms with van der Waals surface area (Å²) < 4.78 is 30.7. The van der Waals surface area contributed by atoms with Crippen molar-refractivity contribution in [3.8, 4) is 5.75 Å². The Kier molecular flexibility index (Phi) is 5.89. The number of nitrogens with one attached hydrogen (secondary N) is 1. The van der Waals surface area contributed by atoms with Gasteiger partial charge in [-0.3, -0.25) is 0 Å². The van der Waals surface area contributed by atoms with E-state index in [0.717, 1.165) is 5.56 Å². The standard InChI is InChI=1S/C22H26FNO4/c1-21(2,3)28-20(25)24-10-9-22(15-27-22)17-11-18(23)13-19(12-17)26-14-16-7-5-4-6-8-16/h4-8,11-13H,9-10,14-15H2,1-3H3,(H,24,25). The number of ether oxygens (including phenoxy) is 3. The molecule has 1 unspecified atom stereocenters. The van der Waals surface area contributed by atoms with Crippen molar-refractivity contribution in [3.63, 3.8) is 0 Å². The van der Waals surface area contributed by atoms with Crippen LogP contribution in [-0.2, 0) is 21.7 Å². The molecule has 0 aromatic heterocycles. The minimum absolute atomic E-state index is 0.359. The maximum atomic E-state index is 14.1. The third-order valence-electron chi connectivity index (χ3n) is 4.34. The monoisotopic (exact) mass is 387 g/mol. The summed E-state index contributed by atoms with van der Waals surface area (Å²) in [5.41, 5.74) is 0.571. The number of halogens is 1. The number of amides is 1. The molecule has 1 fully saturated rings. The van der Waals surface area contributed by atoms with Gasteiger partial charge in [-0.15, -0.1) is 0 Å². The van der Waals surface area contributed by atoms with Gasteiger partial charge in [-0.05, 0) is 44.0 Å². The Morgan fingerprint density at radius 3 is 2.57 bits per heavy atom. The highest BCUT2D eigenvalue weighted by Crippen LogP contribution is 2.43. The van der Waals surface area contributed by atoms with E-state index in [1.807, 2.05) is 51.1 Å². The molecule has 1 aliphatic rings. The minimum Gasteiger partial charge on any atom is -0.489 e. The fourth-order valence-corrected chi connectivity index (χ4v) is 2.87. The van der Waals surface area contributed by atoms with Gasteiger partial charge in [0.1, 0.15) is 29.4 Å². The van der Waals surface area contributed by atoms with Crippen molar-refractivity contribution >= 4 is 6.09 Å². The lowest BCUT2D eigenvalue weighted by atomic mass is 9.96. The molecule has 1 N–H and O–H groups in total. The van der Waals surface area contributed by atoms with Gasteiger partial charge in [-0.25, -0.2) is 9.18 Å². The maximum absolute atomic E-state index is 14.1. The van der Waals surface area contributed by atoms with Crippen LogP contribution in [0.25, 0.3) is 0 Å².